The summed E-state index contributed by atoms with van der Waals surface area (Å²) < 4.78 is 42.3. The Morgan fingerprint density at radius 2 is 1.40 bits per heavy atom. The van der Waals surface area contributed by atoms with Gasteiger partial charge in [0.2, 0.25) is 5.79 Å². The summed E-state index contributed by atoms with van der Waals surface area (Å²) >= 11 is 1.82. The van der Waals surface area contributed by atoms with Crippen LogP contribution in [0, 0.1) is 0 Å². The number of benzene rings is 2. The standard InChI is InChI=1S/C41H60O6S/c1-6-11-23-42-29-35-36(43-24-12-7-2)37(44-25-13-8-3)39(45-26-14-9-4)41(47-35)40-34(22-27-46-41)33-17-15-16-32(38(33)48-40)28-31-20-18-30(10-5)19-21-31/h15-21,35-37,39H,6-14,22-29H2,1-5H3/t35-,36-,37+,39-,41-/m1/s1. The second-order valence-electron chi connectivity index (χ2n) is 13.4. The van der Waals surface area contributed by atoms with Gasteiger partial charge in [0.1, 0.15) is 24.4 Å². The van der Waals surface area contributed by atoms with E-state index in [0.29, 0.717) is 39.6 Å². The molecule has 0 unspecified atom stereocenters. The zero-order valence-electron chi connectivity index (χ0n) is 30.2. The van der Waals surface area contributed by atoms with E-state index in [1.54, 1.807) is 0 Å². The molecule has 2 aliphatic rings. The fourth-order valence-electron chi connectivity index (χ4n) is 6.88. The molecular weight excluding hydrogens is 621 g/mol. The average molecular weight is 681 g/mol. The Labute approximate surface area is 293 Å². The maximum atomic E-state index is 7.29. The van der Waals surface area contributed by atoms with Gasteiger partial charge in [0.05, 0.1) is 18.1 Å². The third-order valence-electron chi connectivity index (χ3n) is 9.74. The normalized spacial score (nSPS) is 24.0. The summed E-state index contributed by atoms with van der Waals surface area (Å²) in [6.45, 7) is 14.6. The first kappa shape index (κ1) is 37.4. The molecule has 0 N–H and O–H groups in total. The lowest BCUT2D eigenvalue weighted by Gasteiger charge is -2.53. The van der Waals surface area contributed by atoms with E-state index in [1.165, 1.54) is 32.3 Å². The van der Waals surface area contributed by atoms with Crippen molar-refractivity contribution in [3.8, 4) is 0 Å². The summed E-state index contributed by atoms with van der Waals surface area (Å²) in [5.74, 6) is -1.11. The van der Waals surface area contributed by atoms with E-state index in [-0.39, 0.29) is 18.3 Å². The van der Waals surface area contributed by atoms with Gasteiger partial charge in [-0.3, -0.25) is 0 Å². The number of fused-ring (bicyclic) bond motifs is 4. The van der Waals surface area contributed by atoms with Crippen LogP contribution in [-0.2, 0) is 53.5 Å². The third kappa shape index (κ3) is 8.71. The Kier molecular flexibility index (Phi) is 14.8. The summed E-state index contributed by atoms with van der Waals surface area (Å²) in [5, 5.41) is 1.30. The van der Waals surface area contributed by atoms with Crippen LogP contribution in [0.15, 0.2) is 42.5 Å². The van der Waals surface area contributed by atoms with Gasteiger partial charge in [0.25, 0.3) is 0 Å². The lowest BCUT2D eigenvalue weighted by molar-refractivity contribution is -0.389. The van der Waals surface area contributed by atoms with E-state index in [1.807, 2.05) is 11.3 Å². The van der Waals surface area contributed by atoms with E-state index < -0.39 is 11.9 Å². The molecule has 2 aromatic carbocycles. The van der Waals surface area contributed by atoms with Crippen molar-refractivity contribution >= 4 is 21.4 Å². The third-order valence-corrected chi connectivity index (χ3v) is 11.2. The molecule has 0 amide bonds. The number of unbranched alkanes of at least 4 members (excludes halogenated alkanes) is 4. The predicted molar refractivity (Wildman–Crippen MR) is 196 cm³/mol. The maximum absolute atomic E-state index is 7.29. The van der Waals surface area contributed by atoms with Crippen molar-refractivity contribution in [1.82, 2.24) is 0 Å². The molecule has 3 aromatic rings. The molecule has 0 saturated carbocycles. The minimum Gasteiger partial charge on any atom is -0.379 e. The summed E-state index contributed by atoms with van der Waals surface area (Å²) in [6, 6.07) is 15.8. The van der Waals surface area contributed by atoms with Gasteiger partial charge < -0.3 is 28.4 Å². The highest BCUT2D eigenvalue weighted by Gasteiger charge is 2.61. The van der Waals surface area contributed by atoms with Gasteiger partial charge >= 0.3 is 0 Å². The van der Waals surface area contributed by atoms with Crippen LogP contribution in [-0.4, -0.2) is 64.1 Å². The van der Waals surface area contributed by atoms with E-state index >= 15 is 0 Å². The van der Waals surface area contributed by atoms with E-state index in [4.69, 9.17) is 28.4 Å². The van der Waals surface area contributed by atoms with Crippen molar-refractivity contribution < 1.29 is 28.4 Å². The fourth-order valence-corrected chi connectivity index (χ4v) is 8.36. The first-order valence-electron chi connectivity index (χ1n) is 19.0. The van der Waals surface area contributed by atoms with Crippen LogP contribution in [0.25, 0.3) is 10.1 Å². The van der Waals surface area contributed by atoms with Crippen LogP contribution in [0.1, 0.15) is 113 Å². The van der Waals surface area contributed by atoms with Crippen molar-refractivity contribution in [2.45, 2.75) is 135 Å². The zero-order valence-corrected chi connectivity index (χ0v) is 31.0. The summed E-state index contributed by atoms with van der Waals surface area (Å²) in [5.41, 5.74) is 5.35. The molecule has 0 radical (unpaired) electrons. The Balaban J connectivity index is 1.59. The van der Waals surface area contributed by atoms with Crippen LogP contribution >= 0.6 is 11.3 Å². The van der Waals surface area contributed by atoms with Gasteiger partial charge in [0, 0.05) is 31.1 Å². The van der Waals surface area contributed by atoms with Crippen molar-refractivity contribution in [2.24, 2.45) is 0 Å². The highest BCUT2D eigenvalue weighted by molar-refractivity contribution is 7.19. The van der Waals surface area contributed by atoms with Gasteiger partial charge in [-0.2, -0.15) is 0 Å². The minimum atomic E-state index is -1.11. The van der Waals surface area contributed by atoms with Gasteiger partial charge in [-0.25, -0.2) is 0 Å². The maximum Gasteiger partial charge on any atom is 0.235 e. The first-order chi connectivity index (χ1) is 23.6. The molecule has 1 saturated heterocycles. The number of hydrogen-bond acceptors (Lipinski definition) is 7. The molecule has 5 atom stereocenters. The predicted octanol–water partition coefficient (Wildman–Crippen LogP) is 9.55. The Morgan fingerprint density at radius 3 is 2.08 bits per heavy atom. The largest absolute Gasteiger partial charge is 0.379 e. The number of rotatable bonds is 20. The molecule has 266 valence electrons. The number of aryl methyl sites for hydroxylation is 1. The van der Waals surface area contributed by atoms with Gasteiger partial charge in [-0.1, -0.05) is 103 Å². The van der Waals surface area contributed by atoms with Crippen LogP contribution in [0.4, 0.5) is 0 Å². The lowest BCUT2D eigenvalue weighted by atomic mass is 9.87. The molecule has 3 heterocycles. The van der Waals surface area contributed by atoms with Gasteiger partial charge in [-0.15, -0.1) is 11.3 Å². The molecule has 0 bridgehead atoms. The highest BCUT2D eigenvalue weighted by Crippen LogP contribution is 2.52. The lowest BCUT2D eigenvalue weighted by Crippen LogP contribution is -2.67. The van der Waals surface area contributed by atoms with E-state index in [9.17, 15) is 0 Å². The van der Waals surface area contributed by atoms with Crippen LogP contribution in [0.3, 0.4) is 0 Å². The van der Waals surface area contributed by atoms with E-state index in [2.05, 4.69) is 77.1 Å². The summed E-state index contributed by atoms with van der Waals surface area (Å²) in [6.07, 6.45) is 9.44. The molecule has 48 heavy (non-hydrogen) atoms. The average Bonchev–Trinajstić information content (AvgIpc) is 3.50. The van der Waals surface area contributed by atoms with Crippen molar-refractivity contribution in [3.63, 3.8) is 0 Å². The van der Waals surface area contributed by atoms with Crippen LogP contribution in [0.2, 0.25) is 0 Å². The van der Waals surface area contributed by atoms with Crippen molar-refractivity contribution in [2.75, 3.05) is 39.6 Å². The van der Waals surface area contributed by atoms with Gasteiger partial charge in [0.15, 0.2) is 0 Å². The van der Waals surface area contributed by atoms with E-state index in [0.717, 1.165) is 75.5 Å². The molecule has 6 nitrogen and oxygen atoms in total. The molecule has 1 aromatic heterocycles. The van der Waals surface area contributed by atoms with Crippen LogP contribution < -0.4 is 0 Å². The minimum absolute atomic E-state index is 0.322. The fraction of sp³-hybridized carbons (Fsp3) is 0.659. The SMILES string of the molecule is CCCCOC[C@H]1O[C@]2(OCCc3c2sc2c(Cc4ccc(CC)cc4)cccc32)[C@H](OCCCC)[C@@H](OCCCC)[C@@H]1OCCCC. The highest BCUT2D eigenvalue weighted by atomic mass is 32.1. The molecule has 7 heteroatoms. The topological polar surface area (TPSA) is 55.4 Å². The Hall–Kier alpha value is -1.84. The molecule has 1 spiro atoms. The smallest absolute Gasteiger partial charge is 0.235 e. The Bertz CT molecular complexity index is 1370. The zero-order chi connectivity index (χ0) is 33.8. The number of thiophene rings is 1. The summed E-state index contributed by atoms with van der Waals surface area (Å²) in [7, 11) is 0. The van der Waals surface area contributed by atoms with Crippen molar-refractivity contribution in [3.05, 3.63) is 69.6 Å². The quantitative estimate of drug-likeness (QED) is 0.111. The molecule has 5 rings (SSSR count). The molecule has 0 aliphatic carbocycles. The first-order valence-corrected chi connectivity index (χ1v) is 19.8. The Morgan fingerprint density at radius 1 is 0.750 bits per heavy atom. The second kappa shape index (κ2) is 19.0. The molecule has 1 fully saturated rings. The molecular formula is C41H60O6S. The van der Waals surface area contributed by atoms with Crippen molar-refractivity contribution in [1.29, 1.82) is 0 Å². The number of ether oxygens (including phenoxy) is 6. The number of hydrogen-bond donors (Lipinski definition) is 0. The van der Waals surface area contributed by atoms with Gasteiger partial charge in [-0.05, 0) is 72.6 Å². The molecule has 2 aliphatic heterocycles. The second-order valence-corrected chi connectivity index (χ2v) is 14.4. The summed E-state index contributed by atoms with van der Waals surface area (Å²) in [4.78, 5) is 1.12. The monoisotopic (exact) mass is 680 g/mol. The van der Waals surface area contributed by atoms with Crippen LogP contribution in [0.5, 0.6) is 0 Å².